The number of thiophene rings is 1. The van der Waals surface area contributed by atoms with Gasteiger partial charge in [-0.25, -0.2) is 13.2 Å². The van der Waals surface area contributed by atoms with Crippen molar-refractivity contribution in [1.29, 1.82) is 0 Å². The van der Waals surface area contributed by atoms with Gasteiger partial charge in [-0.1, -0.05) is 6.92 Å². The van der Waals surface area contributed by atoms with Crippen LogP contribution in [0.4, 0.5) is 0 Å². The molecule has 0 atom stereocenters. The van der Waals surface area contributed by atoms with Gasteiger partial charge in [0.25, 0.3) is 0 Å². The van der Waals surface area contributed by atoms with Crippen molar-refractivity contribution in [3.05, 3.63) is 15.8 Å². The van der Waals surface area contributed by atoms with Crippen LogP contribution in [0.2, 0.25) is 0 Å². The Labute approximate surface area is 129 Å². The van der Waals surface area contributed by atoms with E-state index in [0.717, 1.165) is 24.3 Å². The lowest BCUT2D eigenvalue weighted by Gasteiger charge is -2.33. The van der Waals surface area contributed by atoms with Crippen LogP contribution < -0.4 is 0 Å². The molecule has 8 heteroatoms. The maximum atomic E-state index is 12.7. The Hall–Kier alpha value is -0.960. The molecule has 1 aliphatic heterocycles. The van der Waals surface area contributed by atoms with Gasteiger partial charge in [-0.2, -0.15) is 4.31 Å². The molecule has 0 radical (unpaired) electrons. The predicted octanol–water partition coefficient (Wildman–Crippen LogP) is 1.47. The summed E-state index contributed by atoms with van der Waals surface area (Å²) in [5.41, 5.74) is 0.508. The molecular weight excluding hydrogens is 312 g/mol. The summed E-state index contributed by atoms with van der Waals surface area (Å²) in [5.74, 6) is -1.18. The minimum Gasteiger partial charge on any atom is -0.477 e. The molecule has 21 heavy (non-hydrogen) atoms. The summed E-state index contributed by atoms with van der Waals surface area (Å²) in [6.45, 7) is 6.91. The third kappa shape index (κ3) is 3.28. The largest absolute Gasteiger partial charge is 0.477 e. The fourth-order valence-electron chi connectivity index (χ4n) is 2.54. The molecule has 1 saturated heterocycles. The van der Waals surface area contributed by atoms with Gasteiger partial charge in [-0.15, -0.1) is 11.3 Å². The third-order valence-electron chi connectivity index (χ3n) is 3.58. The van der Waals surface area contributed by atoms with Gasteiger partial charge in [-0.3, -0.25) is 0 Å². The molecule has 6 nitrogen and oxygen atoms in total. The normalized spacial score (nSPS) is 18.0. The van der Waals surface area contributed by atoms with Crippen LogP contribution in [0.1, 0.15) is 28.6 Å². The molecule has 0 unspecified atom stereocenters. The topological polar surface area (TPSA) is 77.9 Å². The van der Waals surface area contributed by atoms with Crippen LogP contribution in [0.25, 0.3) is 0 Å². The highest BCUT2D eigenvalue weighted by molar-refractivity contribution is 7.89. The minimum atomic E-state index is -3.73. The fraction of sp³-hybridized carbons (Fsp3) is 0.615. The molecule has 0 aliphatic carbocycles. The Bertz CT molecular complexity index is 616. The third-order valence-corrected chi connectivity index (χ3v) is 6.88. The highest BCUT2D eigenvalue weighted by Crippen LogP contribution is 2.30. The van der Waals surface area contributed by atoms with Crippen LogP contribution in [0.3, 0.4) is 0 Å². The van der Waals surface area contributed by atoms with Gasteiger partial charge >= 0.3 is 5.97 Å². The summed E-state index contributed by atoms with van der Waals surface area (Å²) in [6.07, 6.45) is 1.04. The van der Waals surface area contributed by atoms with Gasteiger partial charge in [-0.05, 0) is 30.8 Å². The highest BCUT2D eigenvalue weighted by Gasteiger charge is 2.33. The zero-order valence-electron chi connectivity index (χ0n) is 12.2. The monoisotopic (exact) mass is 332 g/mol. The molecule has 1 aromatic rings. The second-order valence-corrected chi connectivity index (χ2v) is 7.88. The number of nitrogens with zero attached hydrogens (tertiary/aromatic N) is 2. The fourth-order valence-corrected chi connectivity index (χ4v) is 5.55. The summed E-state index contributed by atoms with van der Waals surface area (Å²) in [6, 6.07) is 0. The summed E-state index contributed by atoms with van der Waals surface area (Å²) in [7, 11) is -3.73. The van der Waals surface area contributed by atoms with E-state index >= 15 is 0 Å². The van der Waals surface area contributed by atoms with E-state index in [9.17, 15) is 18.3 Å². The van der Waals surface area contributed by atoms with Crippen molar-refractivity contribution in [2.24, 2.45) is 0 Å². The van der Waals surface area contributed by atoms with Crippen LogP contribution in [0.5, 0.6) is 0 Å². The number of carboxylic acid groups (broad SMARTS) is 1. The van der Waals surface area contributed by atoms with Gasteiger partial charge in [0.1, 0.15) is 9.77 Å². The maximum absolute atomic E-state index is 12.7. The van der Waals surface area contributed by atoms with E-state index in [0.29, 0.717) is 31.7 Å². The lowest BCUT2D eigenvalue weighted by molar-refractivity contribution is 0.0698. The van der Waals surface area contributed by atoms with E-state index in [1.54, 1.807) is 12.3 Å². The van der Waals surface area contributed by atoms with Gasteiger partial charge < -0.3 is 10.0 Å². The second kappa shape index (κ2) is 6.43. The molecule has 1 aromatic heterocycles. The van der Waals surface area contributed by atoms with Crippen molar-refractivity contribution < 1.29 is 18.3 Å². The number of rotatable bonds is 5. The molecule has 1 fully saturated rings. The molecule has 0 saturated carbocycles. The van der Waals surface area contributed by atoms with Crippen molar-refractivity contribution >= 4 is 27.3 Å². The number of aryl methyl sites for hydroxylation is 1. The highest BCUT2D eigenvalue weighted by atomic mass is 32.2. The van der Waals surface area contributed by atoms with Crippen LogP contribution in [-0.4, -0.2) is 61.4 Å². The number of carbonyl (C=O) groups is 1. The Morgan fingerprint density at radius 1 is 1.33 bits per heavy atom. The first-order valence-electron chi connectivity index (χ1n) is 6.91. The van der Waals surface area contributed by atoms with Crippen molar-refractivity contribution in [2.75, 3.05) is 32.7 Å². The van der Waals surface area contributed by atoms with Crippen LogP contribution >= 0.6 is 11.3 Å². The Morgan fingerprint density at radius 2 is 1.95 bits per heavy atom. The Morgan fingerprint density at radius 3 is 2.48 bits per heavy atom. The van der Waals surface area contributed by atoms with Crippen molar-refractivity contribution in [3.63, 3.8) is 0 Å². The first-order valence-corrected chi connectivity index (χ1v) is 9.23. The quantitative estimate of drug-likeness (QED) is 0.883. The number of aromatic carboxylic acids is 1. The average molecular weight is 332 g/mol. The molecular formula is C13H20N2O4S2. The maximum Gasteiger partial charge on any atom is 0.347 e. The minimum absolute atomic E-state index is 0.0380. The number of hydrogen-bond donors (Lipinski definition) is 1. The number of carboxylic acids is 1. The lowest BCUT2D eigenvalue weighted by Crippen LogP contribution is -2.48. The molecule has 0 aromatic carbocycles. The second-order valence-electron chi connectivity index (χ2n) is 5.13. The van der Waals surface area contributed by atoms with E-state index in [-0.39, 0.29) is 9.77 Å². The van der Waals surface area contributed by atoms with Gasteiger partial charge in [0.2, 0.25) is 10.0 Å². The van der Waals surface area contributed by atoms with E-state index < -0.39 is 16.0 Å². The lowest BCUT2D eigenvalue weighted by atomic mass is 10.3. The van der Waals surface area contributed by atoms with E-state index in [1.807, 2.05) is 0 Å². The summed E-state index contributed by atoms with van der Waals surface area (Å²) < 4.78 is 26.8. The molecule has 0 amide bonds. The summed E-state index contributed by atoms with van der Waals surface area (Å²) in [5, 5.41) is 10.8. The van der Waals surface area contributed by atoms with Gasteiger partial charge in [0.05, 0.1) is 0 Å². The summed E-state index contributed by atoms with van der Waals surface area (Å²) in [4.78, 5) is 13.3. The Balaban J connectivity index is 2.24. The molecule has 1 aliphatic rings. The van der Waals surface area contributed by atoms with Crippen LogP contribution in [0, 0.1) is 6.92 Å². The van der Waals surface area contributed by atoms with E-state index in [2.05, 4.69) is 11.8 Å². The predicted molar refractivity (Wildman–Crippen MR) is 81.5 cm³/mol. The number of hydrogen-bond acceptors (Lipinski definition) is 5. The zero-order valence-corrected chi connectivity index (χ0v) is 13.8. The first kappa shape index (κ1) is 16.4. The van der Waals surface area contributed by atoms with E-state index in [4.69, 9.17) is 0 Å². The van der Waals surface area contributed by atoms with Gasteiger partial charge in [0.15, 0.2) is 0 Å². The SMILES string of the molecule is CCCN1CCN(S(=O)(=O)c2c(C)csc2C(=O)O)CC1. The smallest absolute Gasteiger partial charge is 0.347 e. The van der Waals surface area contributed by atoms with Crippen molar-refractivity contribution in [1.82, 2.24) is 9.21 Å². The Kier molecular flexibility index (Phi) is 5.03. The standard InChI is InChI=1S/C13H20N2O4S2/c1-3-4-14-5-7-15(8-6-14)21(18,19)12-10(2)9-20-11(12)13(16)17/h9H,3-8H2,1-2H3,(H,16,17). The van der Waals surface area contributed by atoms with Crippen LogP contribution in [-0.2, 0) is 10.0 Å². The first-order chi connectivity index (χ1) is 9.87. The zero-order chi connectivity index (χ0) is 15.6. The van der Waals surface area contributed by atoms with Crippen LogP contribution in [0.15, 0.2) is 10.3 Å². The molecule has 118 valence electrons. The summed E-state index contributed by atoms with van der Waals surface area (Å²) >= 11 is 0.968. The van der Waals surface area contributed by atoms with Crippen molar-refractivity contribution in [2.45, 2.75) is 25.2 Å². The average Bonchev–Trinajstić information content (AvgIpc) is 2.82. The number of sulfonamides is 1. The number of piperazine rings is 1. The molecule has 2 heterocycles. The van der Waals surface area contributed by atoms with Crippen molar-refractivity contribution in [3.8, 4) is 0 Å². The van der Waals surface area contributed by atoms with Gasteiger partial charge in [0, 0.05) is 26.2 Å². The molecule has 0 spiro atoms. The molecule has 1 N–H and O–H groups in total. The van der Waals surface area contributed by atoms with E-state index in [1.165, 1.54) is 4.31 Å². The molecule has 0 bridgehead atoms. The molecule has 2 rings (SSSR count).